The zero-order chi connectivity index (χ0) is 7.44. The second-order valence-corrected chi connectivity index (χ2v) is 3.10. The van der Waals surface area contributed by atoms with Crippen LogP contribution in [0.2, 0.25) is 0 Å². The highest BCUT2D eigenvalue weighted by molar-refractivity contribution is 4.64. The first-order valence-electron chi connectivity index (χ1n) is 3.44. The summed E-state index contributed by atoms with van der Waals surface area (Å²) in [5.41, 5.74) is 5.66. The number of hydrogen-bond donors (Lipinski definition) is 1. The van der Waals surface area contributed by atoms with E-state index in [4.69, 9.17) is 5.73 Å². The molecule has 2 atom stereocenters. The van der Waals surface area contributed by atoms with Gasteiger partial charge in [-0.1, -0.05) is 6.92 Å². The zero-order valence-electron chi connectivity index (χ0n) is 6.89. The Morgan fingerprint density at radius 3 is 1.89 bits per heavy atom. The maximum atomic E-state index is 5.66. The first-order valence-corrected chi connectivity index (χ1v) is 3.44. The van der Waals surface area contributed by atoms with Gasteiger partial charge < -0.3 is 10.6 Å². The molecule has 0 heterocycles. The summed E-state index contributed by atoms with van der Waals surface area (Å²) in [4.78, 5) is 2.16. The number of nitrogens with two attached hydrogens (primary N) is 1. The smallest absolute Gasteiger partial charge is 0.00483 e. The Morgan fingerprint density at radius 1 is 1.33 bits per heavy atom. The van der Waals surface area contributed by atoms with Gasteiger partial charge in [-0.05, 0) is 26.9 Å². The van der Waals surface area contributed by atoms with E-state index < -0.39 is 0 Å². The first-order chi connectivity index (χ1) is 4.04. The van der Waals surface area contributed by atoms with Crippen molar-refractivity contribution in [3.05, 3.63) is 0 Å². The van der Waals surface area contributed by atoms with Crippen molar-refractivity contribution < 1.29 is 0 Å². The molecule has 0 aromatic carbocycles. The van der Waals surface area contributed by atoms with Gasteiger partial charge in [-0.25, -0.2) is 0 Å². The molecule has 0 radical (unpaired) electrons. The van der Waals surface area contributed by atoms with Gasteiger partial charge in [-0.15, -0.1) is 0 Å². The predicted molar refractivity (Wildman–Crippen MR) is 41.4 cm³/mol. The highest BCUT2D eigenvalue weighted by Crippen LogP contribution is 1.99. The molecule has 0 amide bonds. The summed E-state index contributed by atoms with van der Waals surface area (Å²) in [7, 11) is 4.14. The fourth-order valence-corrected chi connectivity index (χ4v) is 0.742. The molecular weight excluding hydrogens is 112 g/mol. The number of nitrogens with zero attached hydrogens (tertiary/aromatic N) is 1. The van der Waals surface area contributed by atoms with Crippen LogP contribution in [0.5, 0.6) is 0 Å². The Morgan fingerprint density at radius 2 is 1.78 bits per heavy atom. The van der Waals surface area contributed by atoms with Crippen LogP contribution in [0, 0.1) is 5.92 Å². The van der Waals surface area contributed by atoms with Gasteiger partial charge in [-0.2, -0.15) is 0 Å². The van der Waals surface area contributed by atoms with E-state index >= 15 is 0 Å². The van der Waals surface area contributed by atoms with Crippen LogP contribution in [-0.4, -0.2) is 31.6 Å². The van der Waals surface area contributed by atoms with Gasteiger partial charge in [-0.3, -0.25) is 0 Å². The van der Waals surface area contributed by atoms with Crippen LogP contribution < -0.4 is 5.73 Å². The molecule has 0 unspecified atom stereocenters. The molecule has 0 saturated heterocycles. The van der Waals surface area contributed by atoms with E-state index in [1.807, 2.05) is 6.92 Å². The van der Waals surface area contributed by atoms with Crippen molar-refractivity contribution in [1.29, 1.82) is 0 Å². The minimum absolute atomic E-state index is 0.312. The molecule has 0 fully saturated rings. The minimum Gasteiger partial charge on any atom is -0.328 e. The largest absolute Gasteiger partial charge is 0.328 e. The summed E-state index contributed by atoms with van der Waals surface area (Å²) >= 11 is 0. The molecule has 0 aromatic heterocycles. The van der Waals surface area contributed by atoms with Crippen LogP contribution >= 0.6 is 0 Å². The third kappa shape index (κ3) is 4.43. The fraction of sp³-hybridized carbons (Fsp3) is 1.00. The summed E-state index contributed by atoms with van der Waals surface area (Å²) in [6, 6.07) is 0.312. The van der Waals surface area contributed by atoms with Crippen molar-refractivity contribution >= 4 is 0 Å². The standard InChI is InChI=1S/C7H18N2/c1-6(7(2)8)5-9(3)4/h6-7H,5,8H2,1-4H3/t6-,7+/m1/s1. The highest BCUT2D eigenvalue weighted by atomic mass is 15.1. The first kappa shape index (κ1) is 8.92. The number of hydrogen-bond acceptors (Lipinski definition) is 2. The van der Waals surface area contributed by atoms with Crippen LogP contribution in [0.1, 0.15) is 13.8 Å². The minimum atomic E-state index is 0.312. The van der Waals surface area contributed by atoms with Gasteiger partial charge in [0, 0.05) is 12.6 Å². The topological polar surface area (TPSA) is 29.3 Å². The van der Waals surface area contributed by atoms with Crippen molar-refractivity contribution in [2.75, 3.05) is 20.6 Å². The Bertz CT molecular complexity index is 69.3. The molecule has 0 bridgehead atoms. The van der Waals surface area contributed by atoms with Gasteiger partial charge in [0.05, 0.1) is 0 Å². The average Bonchev–Trinajstić information content (AvgIpc) is 1.63. The molecule has 0 aliphatic carbocycles. The average molecular weight is 130 g/mol. The number of rotatable bonds is 3. The molecule has 2 heteroatoms. The molecule has 2 N–H and O–H groups in total. The van der Waals surface area contributed by atoms with Crippen molar-refractivity contribution in [1.82, 2.24) is 4.90 Å². The van der Waals surface area contributed by atoms with Crippen molar-refractivity contribution in [3.8, 4) is 0 Å². The summed E-state index contributed by atoms with van der Waals surface area (Å²) in [5, 5.41) is 0. The summed E-state index contributed by atoms with van der Waals surface area (Å²) < 4.78 is 0. The van der Waals surface area contributed by atoms with Crippen LogP contribution in [0.3, 0.4) is 0 Å². The van der Waals surface area contributed by atoms with Crippen molar-refractivity contribution in [3.63, 3.8) is 0 Å². The van der Waals surface area contributed by atoms with Crippen LogP contribution in [0.15, 0.2) is 0 Å². The molecule has 0 aliphatic rings. The third-order valence-corrected chi connectivity index (χ3v) is 1.55. The van der Waals surface area contributed by atoms with E-state index in [0.29, 0.717) is 12.0 Å². The van der Waals surface area contributed by atoms with Gasteiger partial charge >= 0.3 is 0 Å². The van der Waals surface area contributed by atoms with E-state index in [1.54, 1.807) is 0 Å². The molecule has 0 saturated carbocycles. The fourth-order valence-electron chi connectivity index (χ4n) is 0.742. The van der Waals surface area contributed by atoms with Crippen LogP contribution in [-0.2, 0) is 0 Å². The Labute approximate surface area is 58.0 Å². The predicted octanol–water partition coefficient (Wildman–Crippen LogP) is 0.531. The summed E-state index contributed by atoms with van der Waals surface area (Å²) in [6.07, 6.45) is 0. The zero-order valence-corrected chi connectivity index (χ0v) is 6.89. The lowest BCUT2D eigenvalue weighted by Gasteiger charge is -2.19. The second kappa shape index (κ2) is 3.85. The molecule has 2 nitrogen and oxygen atoms in total. The van der Waals surface area contributed by atoms with Crippen LogP contribution in [0.4, 0.5) is 0 Å². The van der Waals surface area contributed by atoms with Gasteiger partial charge in [0.15, 0.2) is 0 Å². The molecule has 56 valence electrons. The van der Waals surface area contributed by atoms with Gasteiger partial charge in [0.25, 0.3) is 0 Å². The molecule has 0 aliphatic heterocycles. The van der Waals surface area contributed by atoms with E-state index in [0.717, 1.165) is 6.54 Å². The maximum Gasteiger partial charge on any atom is 0.00483 e. The molecule has 9 heavy (non-hydrogen) atoms. The molecule has 0 aromatic rings. The third-order valence-electron chi connectivity index (χ3n) is 1.55. The monoisotopic (exact) mass is 130 g/mol. The lowest BCUT2D eigenvalue weighted by atomic mass is 10.1. The van der Waals surface area contributed by atoms with Crippen LogP contribution in [0.25, 0.3) is 0 Å². The van der Waals surface area contributed by atoms with E-state index in [2.05, 4.69) is 25.9 Å². The maximum absolute atomic E-state index is 5.66. The molecule has 0 spiro atoms. The lowest BCUT2D eigenvalue weighted by Crippen LogP contribution is -2.32. The molecular formula is C7H18N2. The van der Waals surface area contributed by atoms with E-state index in [-0.39, 0.29) is 0 Å². The second-order valence-electron chi connectivity index (χ2n) is 3.10. The Kier molecular flexibility index (Phi) is 3.82. The summed E-state index contributed by atoms with van der Waals surface area (Å²) in [5.74, 6) is 0.597. The molecule has 0 rings (SSSR count). The van der Waals surface area contributed by atoms with Gasteiger partial charge in [0.1, 0.15) is 0 Å². The quantitative estimate of drug-likeness (QED) is 0.604. The normalized spacial score (nSPS) is 18.0. The Balaban J connectivity index is 3.38. The Hall–Kier alpha value is -0.0800. The van der Waals surface area contributed by atoms with Crippen molar-refractivity contribution in [2.45, 2.75) is 19.9 Å². The highest BCUT2D eigenvalue weighted by Gasteiger charge is 2.06. The van der Waals surface area contributed by atoms with E-state index in [9.17, 15) is 0 Å². The SMILES string of the molecule is C[C@H](N)[C@H](C)CN(C)C. The van der Waals surface area contributed by atoms with E-state index in [1.165, 1.54) is 0 Å². The van der Waals surface area contributed by atoms with Gasteiger partial charge in [0.2, 0.25) is 0 Å². The lowest BCUT2D eigenvalue weighted by molar-refractivity contribution is 0.313. The van der Waals surface area contributed by atoms with Crippen molar-refractivity contribution in [2.24, 2.45) is 11.7 Å². The summed E-state index contributed by atoms with van der Waals surface area (Å²) in [6.45, 7) is 5.30.